The molecule has 24 atom stereocenters. The van der Waals surface area contributed by atoms with Gasteiger partial charge in [0.25, 0.3) is 0 Å². The first-order valence-electron chi connectivity index (χ1n) is 23.3. The Hall–Kier alpha value is -1.43. The van der Waals surface area contributed by atoms with E-state index in [1.54, 1.807) is 0 Å². The second kappa shape index (κ2) is 18.9. The molecule has 0 unspecified atom stereocenters. The van der Waals surface area contributed by atoms with Crippen molar-refractivity contribution in [1.29, 1.82) is 0 Å². The Balaban J connectivity index is 0.838. The zero-order valence-corrected chi connectivity index (χ0v) is 36.8. The van der Waals surface area contributed by atoms with Crippen LogP contribution in [0.5, 0.6) is 0 Å². The fourth-order valence-electron chi connectivity index (χ4n) is 13.3. The summed E-state index contributed by atoms with van der Waals surface area (Å²) in [5.41, 5.74) is 1.08. The van der Waals surface area contributed by atoms with E-state index in [1.807, 2.05) is 0 Å². The first kappa shape index (κ1) is 48.0. The number of Topliss-reactive ketones (excluding diaryl/α,β-unsaturated/α-hetero) is 1. The van der Waals surface area contributed by atoms with Crippen LogP contribution < -0.4 is 0 Å². The highest BCUT2D eigenvalue weighted by atomic mass is 16.7. The number of carbonyl (C=O) groups excluding carboxylic acids is 1. The highest BCUT2D eigenvalue weighted by molar-refractivity contribution is 5.83. The van der Waals surface area contributed by atoms with Gasteiger partial charge in [0.1, 0.15) is 85.1 Å². The van der Waals surface area contributed by atoms with Gasteiger partial charge in [-0.15, -0.1) is 0 Å². The summed E-state index contributed by atoms with van der Waals surface area (Å²) in [5.74, 6) is 2.44. The van der Waals surface area contributed by atoms with Crippen LogP contribution >= 0.6 is 0 Å². The van der Waals surface area contributed by atoms with Crippen molar-refractivity contribution in [2.75, 3.05) is 33.0 Å². The van der Waals surface area contributed by atoms with Crippen LogP contribution in [0.4, 0.5) is 0 Å². The Morgan fingerprint density at radius 2 is 1.43 bits per heavy atom. The molecule has 8 rings (SSSR count). The van der Waals surface area contributed by atoms with E-state index in [1.165, 1.54) is 5.57 Å². The van der Waals surface area contributed by atoms with Gasteiger partial charge in [0.2, 0.25) is 0 Å². The van der Waals surface area contributed by atoms with E-state index < -0.39 is 98.5 Å². The van der Waals surface area contributed by atoms with Gasteiger partial charge in [-0.3, -0.25) is 4.79 Å². The number of rotatable bonds is 13. The van der Waals surface area contributed by atoms with Gasteiger partial charge in [-0.25, -0.2) is 0 Å². The van der Waals surface area contributed by atoms with Crippen LogP contribution in [0.2, 0.25) is 0 Å². The minimum Gasteiger partial charge on any atom is -0.494 e. The molecule has 0 aromatic heterocycles. The monoisotopic (exact) mass is 900 g/mol. The van der Waals surface area contributed by atoms with Gasteiger partial charge in [0, 0.05) is 31.3 Å². The fourth-order valence-corrected chi connectivity index (χ4v) is 13.3. The highest BCUT2D eigenvalue weighted by Gasteiger charge is 2.66. The Bertz CT molecular complexity index is 1630. The average Bonchev–Trinajstić information content (AvgIpc) is 3.74. The molecule has 4 saturated carbocycles. The lowest BCUT2D eigenvalue weighted by atomic mass is 9.44. The van der Waals surface area contributed by atoms with Gasteiger partial charge >= 0.3 is 0 Å². The van der Waals surface area contributed by atoms with Gasteiger partial charge in [-0.2, -0.15) is 0 Å². The summed E-state index contributed by atoms with van der Waals surface area (Å²) in [5, 5.41) is 102. The van der Waals surface area contributed by atoms with E-state index in [0.717, 1.165) is 44.3 Å². The maximum atomic E-state index is 14.3. The Labute approximate surface area is 368 Å². The smallest absolute Gasteiger partial charge is 0.186 e. The van der Waals surface area contributed by atoms with Crippen LogP contribution in [0.15, 0.2) is 11.3 Å². The van der Waals surface area contributed by atoms with Crippen LogP contribution in [0.3, 0.4) is 0 Å². The zero-order valence-electron chi connectivity index (χ0n) is 36.8. The van der Waals surface area contributed by atoms with E-state index in [2.05, 4.69) is 27.7 Å². The number of hydrogen-bond donors (Lipinski definition) is 10. The number of ketones is 1. The number of ether oxygens (including phenoxy) is 7. The zero-order chi connectivity index (χ0) is 45.3. The molecule has 4 heterocycles. The number of allylic oxidation sites excluding steroid dienone is 1. The number of aliphatic hydroxyl groups is 10. The van der Waals surface area contributed by atoms with Crippen molar-refractivity contribution >= 4 is 5.78 Å². The molecule has 18 heteroatoms. The molecule has 4 aliphatic heterocycles. The van der Waals surface area contributed by atoms with Crippen molar-refractivity contribution in [3.05, 3.63) is 11.3 Å². The molecular weight excluding hydrogens is 828 g/mol. The molecule has 7 fully saturated rings. The highest BCUT2D eigenvalue weighted by Crippen LogP contribution is 2.69. The van der Waals surface area contributed by atoms with Crippen molar-refractivity contribution in [2.45, 2.75) is 184 Å². The van der Waals surface area contributed by atoms with Gasteiger partial charge in [0.05, 0.1) is 38.3 Å². The third-order valence-corrected chi connectivity index (χ3v) is 17.0. The molecule has 4 aliphatic carbocycles. The van der Waals surface area contributed by atoms with Crippen molar-refractivity contribution < 1.29 is 89.0 Å². The molecule has 0 amide bonds. The molecule has 3 saturated heterocycles. The Morgan fingerprint density at radius 3 is 2.16 bits per heavy atom. The van der Waals surface area contributed by atoms with Crippen LogP contribution in [0.1, 0.15) is 85.5 Å². The third-order valence-electron chi connectivity index (χ3n) is 17.0. The number of carbonyl (C=O) groups is 1. The molecule has 360 valence electrons. The van der Waals surface area contributed by atoms with E-state index in [-0.39, 0.29) is 66.2 Å². The summed E-state index contributed by atoms with van der Waals surface area (Å²) in [6.45, 7) is 8.26. The second-order valence-corrected chi connectivity index (χ2v) is 20.8. The normalized spacial score (nSPS) is 51.5. The van der Waals surface area contributed by atoms with E-state index >= 15 is 0 Å². The Morgan fingerprint density at radius 1 is 0.762 bits per heavy atom. The molecular formula is C45H72O18. The van der Waals surface area contributed by atoms with Gasteiger partial charge in [-0.1, -0.05) is 20.8 Å². The first-order chi connectivity index (χ1) is 29.9. The molecule has 0 spiro atoms. The van der Waals surface area contributed by atoms with Crippen LogP contribution in [0, 0.1) is 46.3 Å². The molecule has 0 bridgehead atoms. The quantitative estimate of drug-likeness (QED) is 0.0996. The molecule has 0 radical (unpaired) electrons. The van der Waals surface area contributed by atoms with E-state index in [0.29, 0.717) is 37.7 Å². The minimum absolute atomic E-state index is 0.00393. The van der Waals surface area contributed by atoms with Gasteiger partial charge in [0.15, 0.2) is 12.6 Å². The summed E-state index contributed by atoms with van der Waals surface area (Å²) >= 11 is 0. The van der Waals surface area contributed by atoms with E-state index in [4.69, 9.17) is 33.2 Å². The molecule has 18 nitrogen and oxygen atoms in total. The third kappa shape index (κ3) is 8.81. The predicted octanol–water partition coefficient (Wildman–Crippen LogP) is -0.969. The number of fused-ring (bicyclic) bond motifs is 7. The molecule has 8 aliphatic rings. The minimum atomic E-state index is -1.63. The molecule has 10 N–H and O–H groups in total. The largest absolute Gasteiger partial charge is 0.494 e. The SMILES string of the molecule is CC1=C(CC[C@H](C)COC[C@@H]2O[C@H](CO)[C@@H](O)[C@H](O)[C@H]2O)O[C@H]2C[C@@H]3[C@@H]4CC(=O)[C@H]5C[C@@H](O[C@@H]6O[C@H](CO[C@H]7OC[C@@H](O)[C@@H](O)[C@@H]7O)[C@@H](O)[C@H](O)[C@H]6O)CC[C@]5(C)[C@H]4CC[C@]3(C)[C@@H]12. The number of aliphatic hydroxyl groups excluding tert-OH is 10. The molecule has 63 heavy (non-hydrogen) atoms. The first-order valence-corrected chi connectivity index (χ1v) is 23.3. The van der Waals surface area contributed by atoms with Crippen LogP contribution in [-0.4, -0.2) is 188 Å². The summed E-state index contributed by atoms with van der Waals surface area (Å²) in [6.07, 6.45) is -12.4. The lowest BCUT2D eigenvalue weighted by molar-refractivity contribution is -0.330. The standard InChI is InChI=1S/C45H72O18/c1-19(15-57-17-31-36(51)38(53)35(50)30(14-46)62-31)5-6-28-20(2)33-29(61-28)13-24-22-12-26(47)25-11-21(7-9-44(25,3)23(22)8-10-45(24,33)4)60-43-41(56)39(54)37(52)32(63-43)18-59-42-40(55)34(49)27(48)16-58-42/h19,21-25,27,29-43,46,48-56H,5-18H2,1-4H3/t19-,21-,22+,23-,24+,25+,27+,29-,30+,31-,32+,33-,34+,35+,36-,37+,38-,39-,40-,41+,42+,43+,44+,45-/m0/s1. The molecule has 0 aromatic rings. The van der Waals surface area contributed by atoms with E-state index in [9.17, 15) is 55.9 Å². The lowest BCUT2D eigenvalue weighted by Gasteiger charge is -2.60. The van der Waals surface area contributed by atoms with Crippen LogP contribution in [0.25, 0.3) is 0 Å². The number of hydrogen-bond acceptors (Lipinski definition) is 18. The fraction of sp³-hybridized carbons (Fsp3) is 0.933. The maximum Gasteiger partial charge on any atom is 0.186 e. The summed E-state index contributed by atoms with van der Waals surface area (Å²) in [4.78, 5) is 14.3. The summed E-state index contributed by atoms with van der Waals surface area (Å²) < 4.78 is 41.3. The van der Waals surface area contributed by atoms with Crippen molar-refractivity contribution in [1.82, 2.24) is 0 Å². The van der Waals surface area contributed by atoms with Crippen molar-refractivity contribution in [3.63, 3.8) is 0 Å². The Kier molecular flexibility index (Phi) is 14.4. The van der Waals surface area contributed by atoms with Gasteiger partial charge < -0.3 is 84.2 Å². The van der Waals surface area contributed by atoms with Crippen molar-refractivity contribution in [3.8, 4) is 0 Å². The lowest BCUT2D eigenvalue weighted by Crippen LogP contribution is -2.61. The summed E-state index contributed by atoms with van der Waals surface area (Å²) in [6, 6.07) is 0. The average molecular weight is 901 g/mol. The van der Waals surface area contributed by atoms with Crippen LogP contribution in [-0.2, 0) is 38.0 Å². The van der Waals surface area contributed by atoms with Gasteiger partial charge in [-0.05, 0) is 91.9 Å². The second-order valence-electron chi connectivity index (χ2n) is 20.8. The summed E-state index contributed by atoms with van der Waals surface area (Å²) in [7, 11) is 0. The van der Waals surface area contributed by atoms with Crippen molar-refractivity contribution in [2.24, 2.45) is 46.3 Å². The predicted molar refractivity (Wildman–Crippen MR) is 217 cm³/mol. The maximum absolute atomic E-state index is 14.3. The molecule has 0 aromatic carbocycles. The topological polar surface area (TPSA) is 284 Å².